The third-order valence-electron chi connectivity index (χ3n) is 5.27. The number of hydrogen-bond donors (Lipinski definition) is 1. The van der Waals surface area contributed by atoms with E-state index in [9.17, 15) is 0 Å². The maximum atomic E-state index is 5.81. The molecule has 1 saturated heterocycles. The highest BCUT2D eigenvalue weighted by Gasteiger charge is 2.35. The SMILES string of the molecule is CCC1OCCC1CNC1CCCCC1C(C)(C)C. The Kier molecular flexibility index (Phi) is 5.30. The van der Waals surface area contributed by atoms with E-state index in [4.69, 9.17) is 4.74 Å². The minimum Gasteiger partial charge on any atom is -0.378 e. The molecule has 2 aliphatic rings. The summed E-state index contributed by atoms with van der Waals surface area (Å²) in [6.45, 7) is 11.6. The van der Waals surface area contributed by atoms with Gasteiger partial charge in [0.1, 0.15) is 0 Å². The van der Waals surface area contributed by atoms with Crippen LogP contribution in [-0.2, 0) is 4.74 Å². The first-order chi connectivity index (χ1) is 9.02. The molecule has 1 heterocycles. The zero-order valence-corrected chi connectivity index (χ0v) is 13.4. The Balaban J connectivity index is 1.86. The first kappa shape index (κ1) is 15.3. The Hall–Kier alpha value is -0.0800. The van der Waals surface area contributed by atoms with E-state index in [2.05, 4.69) is 33.0 Å². The molecule has 1 aliphatic carbocycles. The predicted octanol–water partition coefficient (Wildman–Crippen LogP) is 4.00. The van der Waals surface area contributed by atoms with Gasteiger partial charge in [0.15, 0.2) is 0 Å². The molecule has 1 saturated carbocycles. The maximum Gasteiger partial charge on any atom is 0.0613 e. The van der Waals surface area contributed by atoms with Gasteiger partial charge in [-0.15, -0.1) is 0 Å². The molecule has 0 radical (unpaired) electrons. The van der Waals surface area contributed by atoms with Crippen molar-refractivity contribution < 1.29 is 4.74 Å². The van der Waals surface area contributed by atoms with Crippen LogP contribution in [0.1, 0.15) is 66.2 Å². The lowest BCUT2D eigenvalue weighted by molar-refractivity contribution is 0.0810. The Morgan fingerprint density at radius 3 is 2.53 bits per heavy atom. The average molecular weight is 267 g/mol. The molecule has 2 rings (SSSR count). The van der Waals surface area contributed by atoms with Crippen LogP contribution in [0.5, 0.6) is 0 Å². The van der Waals surface area contributed by atoms with E-state index in [0.29, 0.717) is 11.5 Å². The summed E-state index contributed by atoms with van der Waals surface area (Å²) in [7, 11) is 0. The van der Waals surface area contributed by atoms with E-state index in [0.717, 1.165) is 31.0 Å². The fourth-order valence-corrected chi connectivity index (χ4v) is 4.09. The molecule has 1 aliphatic heterocycles. The molecule has 0 aromatic rings. The fourth-order valence-electron chi connectivity index (χ4n) is 4.09. The molecule has 2 heteroatoms. The van der Waals surface area contributed by atoms with Crippen molar-refractivity contribution in [3.8, 4) is 0 Å². The highest BCUT2D eigenvalue weighted by molar-refractivity contribution is 4.89. The molecule has 2 nitrogen and oxygen atoms in total. The quantitative estimate of drug-likeness (QED) is 0.831. The monoisotopic (exact) mass is 267 g/mol. The second-order valence-electron chi connectivity index (χ2n) is 7.64. The Morgan fingerprint density at radius 1 is 1.11 bits per heavy atom. The number of hydrogen-bond acceptors (Lipinski definition) is 2. The molecule has 19 heavy (non-hydrogen) atoms. The lowest BCUT2D eigenvalue weighted by atomic mass is 9.69. The van der Waals surface area contributed by atoms with Crippen molar-refractivity contribution in [2.75, 3.05) is 13.2 Å². The first-order valence-corrected chi connectivity index (χ1v) is 8.37. The van der Waals surface area contributed by atoms with Crippen LogP contribution in [0.25, 0.3) is 0 Å². The zero-order valence-electron chi connectivity index (χ0n) is 13.4. The van der Waals surface area contributed by atoms with E-state index in [-0.39, 0.29) is 0 Å². The molecule has 0 bridgehead atoms. The lowest BCUT2D eigenvalue weighted by Gasteiger charge is -2.41. The molecule has 0 spiro atoms. The topological polar surface area (TPSA) is 21.3 Å². The zero-order chi connectivity index (χ0) is 13.9. The third-order valence-corrected chi connectivity index (χ3v) is 5.27. The standard InChI is InChI=1S/C17H33NO/c1-5-16-13(10-11-19-16)12-18-15-9-7-6-8-14(15)17(2,3)4/h13-16,18H,5-12H2,1-4H3. The third kappa shape index (κ3) is 3.95. The Morgan fingerprint density at radius 2 is 1.84 bits per heavy atom. The minimum atomic E-state index is 0.439. The van der Waals surface area contributed by atoms with Crippen LogP contribution in [0.2, 0.25) is 0 Å². The second kappa shape index (κ2) is 6.58. The van der Waals surface area contributed by atoms with Gasteiger partial charge in [-0.05, 0) is 42.9 Å². The van der Waals surface area contributed by atoms with E-state index in [1.807, 2.05) is 0 Å². The smallest absolute Gasteiger partial charge is 0.0613 e. The summed E-state index contributed by atoms with van der Waals surface area (Å²) in [5.41, 5.74) is 0.439. The Bertz CT molecular complexity index is 271. The van der Waals surface area contributed by atoms with Crippen LogP contribution in [0.4, 0.5) is 0 Å². The summed E-state index contributed by atoms with van der Waals surface area (Å²) >= 11 is 0. The van der Waals surface area contributed by atoms with Crippen molar-refractivity contribution in [3.05, 3.63) is 0 Å². The molecule has 4 unspecified atom stereocenters. The fraction of sp³-hybridized carbons (Fsp3) is 1.00. The van der Waals surface area contributed by atoms with E-state index in [1.54, 1.807) is 0 Å². The summed E-state index contributed by atoms with van der Waals surface area (Å²) in [4.78, 5) is 0. The first-order valence-electron chi connectivity index (χ1n) is 8.37. The van der Waals surface area contributed by atoms with E-state index >= 15 is 0 Å². The average Bonchev–Trinajstić information content (AvgIpc) is 2.83. The predicted molar refractivity (Wildman–Crippen MR) is 81.3 cm³/mol. The van der Waals surface area contributed by atoms with Crippen LogP contribution in [0.3, 0.4) is 0 Å². The second-order valence-corrected chi connectivity index (χ2v) is 7.64. The highest BCUT2D eigenvalue weighted by Crippen LogP contribution is 2.38. The summed E-state index contributed by atoms with van der Waals surface area (Å²) in [6.07, 6.45) is 8.51. The molecule has 1 N–H and O–H groups in total. The van der Waals surface area contributed by atoms with Gasteiger partial charge in [0, 0.05) is 19.2 Å². The molecule has 2 fully saturated rings. The largest absolute Gasteiger partial charge is 0.378 e. The molecular weight excluding hydrogens is 234 g/mol. The molecule has 0 aromatic heterocycles. The normalized spacial score (nSPS) is 36.6. The molecule has 0 aromatic carbocycles. The van der Waals surface area contributed by atoms with E-state index in [1.165, 1.54) is 38.5 Å². The van der Waals surface area contributed by atoms with Crippen molar-refractivity contribution >= 4 is 0 Å². The van der Waals surface area contributed by atoms with Crippen molar-refractivity contribution in [1.82, 2.24) is 5.32 Å². The van der Waals surface area contributed by atoms with Crippen LogP contribution in [0, 0.1) is 17.3 Å². The van der Waals surface area contributed by atoms with Gasteiger partial charge in [-0.3, -0.25) is 0 Å². The van der Waals surface area contributed by atoms with Gasteiger partial charge in [0.25, 0.3) is 0 Å². The summed E-state index contributed by atoms with van der Waals surface area (Å²) in [5, 5.41) is 3.90. The number of rotatable bonds is 4. The van der Waals surface area contributed by atoms with Crippen molar-refractivity contribution in [2.45, 2.75) is 78.4 Å². The minimum absolute atomic E-state index is 0.439. The van der Waals surface area contributed by atoms with Gasteiger partial charge in [0.2, 0.25) is 0 Å². The molecular formula is C17H33NO. The van der Waals surface area contributed by atoms with Crippen molar-refractivity contribution in [2.24, 2.45) is 17.3 Å². The van der Waals surface area contributed by atoms with Crippen LogP contribution in [-0.4, -0.2) is 25.3 Å². The van der Waals surface area contributed by atoms with Gasteiger partial charge in [0.05, 0.1) is 6.10 Å². The number of nitrogens with one attached hydrogen (secondary N) is 1. The van der Waals surface area contributed by atoms with E-state index < -0.39 is 0 Å². The van der Waals surface area contributed by atoms with Gasteiger partial charge in [-0.1, -0.05) is 40.5 Å². The van der Waals surface area contributed by atoms with Crippen LogP contribution in [0.15, 0.2) is 0 Å². The maximum absolute atomic E-state index is 5.81. The van der Waals surface area contributed by atoms with Gasteiger partial charge in [-0.25, -0.2) is 0 Å². The van der Waals surface area contributed by atoms with Crippen LogP contribution < -0.4 is 5.32 Å². The summed E-state index contributed by atoms with van der Waals surface area (Å²) in [6, 6.07) is 0.729. The lowest BCUT2D eigenvalue weighted by Crippen LogP contribution is -2.46. The summed E-state index contributed by atoms with van der Waals surface area (Å²) in [5.74, 6) is 1.58. The molecule has 112 valence electrons. The van der Waals surface area contributed by atoms with Crippen LogP contribution >= 0.6 is 0 Å². The highest BCUT2D eigenvalue weighted by atomic mass is 16.5. The molecule has 4 atom stereocenters. The molecule has 0 amide bonds. The number of ether oxygens (including phenoxy) is 1. The van der Waals surface area contributed by atoms with Gasteiger partial charge in [-0.2, -0.15) is 0 Å². The van der Waals surface area contributed by atoms with Gasteiger partial charge < -0.3 is 10.1 Å². The van der Waals surface area contributed by atoms with Crippen molar-refractivity contribution in [3.63, 3.8) is 0 Å². The summed E-state index contributed by atoms with van der Waals surface area (Å²) < 4.78 is 5.81. The Labute approximate surface area is 119 Å². The van der Waals surface area contributed by atoms with Gasteiger partial charge >= 0.3 is 0 Å². The van der Waals surface area contributed by atoms with Crippen molar-refractivity contribution in [1.29, 1.82) is 0 Å².